The lowest BCUT2D eigenvalue weighted by Crippen LogP contribution is -2.14. The molecule has 0 spiro atoms. The van der Waals surface area contributed by atoms with Crippen molar-refractivity contribution in [3.8, 4) is 5.75 Å². The minimum atomic E-state index is -3.96. The van der Waals surface area contributed by atoms with E-state index in [4.69, 9.17) is 0 Å². The van der Waals surface area contributed by atoms with Crippen molar-refractivity contribution in [2.24, 2.45) is 0 Å². The maximum absolute atomic E-state index is 13.1. The van der Waals surface area contributed by atoms with E-state index in [1.54, 1.807) is 12.1 Å². The summed E-state index contributed by atoms with van der Waals surface area (Å²) in [4.78, 5) is -0.0319. The van der Waals surface area contributed by atoms with Crippen LogP contribution in [0.5, 0.6) is 5.75 Å². The molecule has 0 saturated heterocycles. The van der Waals surface area contributed by atoms with E-state index in [0.29, 0.717) is 8.95 Å². The van der Waals surface area contributed by atoms with Crippen molar-refractivity contribution in [2.75, 3.05) is 4.72 Å². The van der Waals surface area contributed by atoms with Crippen LogP contribution in [0.1, 0.15) is 0 Å². The third kappa shape index (κ3) is 3.31. The highest BCUT2D eigenvalue weighted by molar-refractivity contribution is 9.11. The van der Waals surface area contributed by atoms with Crippen LogP contribution in [0.2, 0.25) is 0 Å². The predicted octanol–water partition coefficient (Wildman–Crippen LogP) is 3.86. The Morgan fingerprint density at radius 1 is 1.10 bits per heavy atom. The van der Waals surface area contributed by atoms with Crippen molar-refractivity contribution in [2.45, 2.75) is 4.90 Å². The van der Waals surface area contributed by atoms with E-state index in [0.717, 1.165) is 18.2 Å². The van der Waals surface area contributed by atoms with Crippen LogP contribution in [0, 0.1) is 5.82 Å². The van der Waals surface area contributed by atoms with Crippen molar-refractivity contribution in [3.05, 3.63) is 51.2 Å². The van der Waals surface area contributed by atoms with E-state index in [-0.39, 0.29) is 16.3 Å². The van der Waals surface area contributed by atoms with Gasteiger partial charge in [0.2, 0.25) is 0 Å². The normalized spacial score (nSPS) is 11.3. The number of phenols is 1. The van der Waals surface area contributed by atoms with Crippen molar-refractivity contribution in [1.29, 1.82) is 0 Å². The number of benzene rings is 2. The molecule has 8 heteroatoms. The van der Waals surface area contributed by atoms with Gasteiger partial charge in [-0.1, -0.05) is 15.9 Å². The molecule has 0 atom stereocenters. The monoisotopic (exact) mass is 423 g/mol. The summed E-state index contributed by atoms with van der Waals surface area (Å²) in [7, 11) is -3.96. The first-order valence-electron chi connectivity index (χ1n) is 5.26. The number of aromatic hydroxyl groups is 1. The van der Waals surface area contributed by atoms with Gasteiger partial charge in [-0.15, -0.1) is 0 Å². The Morgan fingerprint density at radius 2 is 1.80 bits per heavy atom. The number of nitrogens with one attached hydrogen (secondary N) is 1. The highest BCUT2D eigenvalue weighted by Crippen LogP contribution is 2.30. The molecule has 4 nitrogen and oxygen atoms in total. The maximum Gasteiger partial charge on any atom is 0.263 e. The predicted molar refractivity (Wildman–Crippen MR) is 80.7 cm³/mol. The topological polar surface area (TPSA) is 66.4 Å². The molecule has 0 aliphatic rings. The van der Waals surface area contributed by atoms with Crippen molar-refractivity contribution in [3.63, 3.8) is 0 Å². The second-order valence-electron chi connectivity index (χ2n) is 3.84. The Hall–Kier alpha value is -1.12. The van der Waals surface area contributed by atoms with Gasteiger partial charge < -0.3 is 5.11 Å². The minimum absolute atomic E-state index is 0.0319. The first kappa shape index (κ1) is 15.3. The molecule has 2 N–H and O–H groups in total. The Labute approximate surface area is 131 Å². The van der Waals surface area contributed by atoms with E-state index in [9.17, 15) is 17.9 Å². The molecule has 2 aromatic carbocycles. The lowest BCUT2D eigenvalue weighted by Gasteiger charge is -2.11. The van der Waals surface area contributed by atoms with Gasteiger partial charge in [-0.25, -0.2) is 12.8 Å². The van der Waals surface area contributed by atoms with Crippen LogP contribution in [0.4, 0.5) is 10.1 Å². The fraction of sp³-hybridized carbons (Fsp3) is 0. The van der Waals surface area contributed by atoms with Crippen LogP contribution in [-0.4, -0.2) is 13.5 Å². The van der Waals surface area contributed by atoms with E-state index < -0.39 is 15.8 Å². The highest BCUT2D eigenvalue weighted by Gasteiger charge is 2.20. The SMILES string of the molecule is O=S(=O)(Nc1cc(F)ccc1O)c1cc(Br)ccc1Br. The highest BCUT2D eigenvalue weighted by atomic mass is 79.9. The van der Waals surface area contributed by atoms with Gasteiger partial charge in [-0.05, 0) is 46.3 Å². The molecule has 0 aromatic heterocycles. The third-order valence-electron chi connectivity index (χ3n) is 2.39. The summed E-state index contributed by atoms with van der Waals surface area (Å²) in [5, 5.41) is 9.55. The molecular formula is C12H8Br2FNO3S. The van der Waals surface area contributed by atoms with Crippen molar-refractivity contribution in [1.82, 2.24) is 0 Å². The molecule has 20 heavy (non-hydrogen) atoms. The van der Waals surface area contributed by atoms with Gasteiger partial charge in [0.05, 0.1) is 5.69 Å². The van der Waals surface area contributed by atoms with Gasteiger partial charge >= 0.3 is 0 Å². The fourth-order valence-corrected chi connectivity index (χ4v) is 4.04. The van der Waals surface area contributed by atoms with Crippen molar-refractivity contribution < 1.29 is 17.9 Å². The zero-order valence-electron chi connectivity index (χ0n) is 9.77. The van der Waals surface area contributed by atoms with Crippen molar-refractivity contribution >= 4 is 47.6 Å². The quantitative estimate of drug-likeness (QED) is 0.735. The Balaban J connectivity index is 2.46. The number of hydrogen-bond donors (Lipinski definition) is 2. The molecule has 0 bridgehead atoms. The van der Waals surface area contributed by atoms with E-state index in [1.807, 2.05) is 0 Å². The molecule has 0 unspecified atom stereocenters. The number of sulfonamides is 1. The molecular weight excluding hydrogens is 417 g/mol. The Morgan fingerprint density at radius 3 is 2.50 bits per heavy atom. The molecule has 0 saturated carbocycles. The minimum Gasteiger partial charge on any atom is -0.506 e. The van der Waals surface area contributed by atoms with Crippen LogP contribution in [0.25, 0.3) is 0 Å². The van der Waals surface area contributed by atoms with E-state index >= 15 is 0 Å². The summed E-state index contributed by atoms with van der Waals surface area (Å²) in [6, 6.07) is 7.62. The first-order valence-corrected chi connectivity index (χ1v) is 8.33. The zero-order valence-corrected chi connectivity index (χ0v) is 13.8. The summed E-state index contributed by atoms with van der Waals surface area (Å²) < 4.78 is 40.7. The smallest absolute Gasteiger partial charge is 0.263 e. The number of anilines is 1. The molecule has 0 amide bonds. The van der Waals surface area contributed by atoms with E-state index in [2.05, 4.69) is 36.6 Å². The van der Waals surface area contributed by atoms with Gasteiger partial charge in [-0.3, -0.25) is 4.72 Å². The molecule has 0 fully saturated rings. The lowest BCUT2D eigenvalue weighted by molar-refractivity contribution is 0.475. The molecule has 2 aromatic rings. The van der Waals surface area contributed by atoms with Gasteiger partial charge in [0.25, 0.3) is 10.0 Å². The van der Waals surface area contributed by atoms with Crippen LogP contribution < -0.4 is 4.72 Å². The van der Waals surface area contributed by atoms with Crippen LogP contribution >= 0.6 is 31.9 Å². The second-order valence-corrected chi connectivity index (χ2v) is 7.26. The summed E-state index contributed by atoms with van der Waals surface area (Å²) in [5.74, 6) is -1.02. The molecule has 2 rings (SSSR count). The van der Waals surface area contributed by atoms with Gasteiger partial charge in [-0.2, -0.15) is 0 Å². The summed E-state index contributed by atoms with van der Waals surface area (Å²) in [5.41, 5.74) is -0.225. The Bertz CT molecular complexity index is 765. The Kier molecular flexibility index (Phi) is 4.36. The third-order valence-corrected chi connectivity index (χ3v) is 5.24. The van der Waals surface area contributed by atoms with E-state index in [1.165, 1.54) is 6.07 Å². The largest absolute Gasteiger partial charge is 0.506 e. The van der Waals surface area contributed by atoms with Gasteiger partial charge in [0.1, 0.15) is 16.5 Å². The average molecular weight is 425 g/mol. The standard InChI is InChI=1S/C12H8Br2FNO3S/c13-7-1-3-9(14)12(5-7)20(18,19)16-10-6-8(15)2-4-11(10)17/h1-6,16-17H. The molecule has 0 aliphatic heterocycles. The molecule has 106 valence electrons. The lowest BCUT2D eigenvalue weighted by atomic mass is 10.3. The summed E-state index contributed by atoms with van der Waals surface area (Å²) >= 11 is 6.31. The molecule has 0 radical (unpaired) electrons. The number of halogens is 3. The van der Waals surface area contributed by atoms with Crippen LogP contribution in [0.15, 0.2) is 50.2 Å². The average Bonchev–Trinajstić information content (AvgIpc) is 2.36. The zero-order chi connectivity index (χ0) is 14.9. The molecule has 0 heterocycles. The molecule has 0 aliphatic carbocycles. The number of phenolic OH excluding ortho intramolecular Hbond substituents is 1. The fourth-order valence-electron chi connectivity index (χ4n) is 1.47. The van der Waals surface area contributed by atoms with Crippen LogP contribution in [0.3, 0.4) is 0 Å². The first-order chi connectivity index (χ1) is 9.29. The second kappa shape index (κ2) is 5.71. The van der Waals surface area contributed by atoms with Gasteiger partial charge in [0, 0.05) is 15.0 Å². The van der Waals surface area contributed by atoms with Crippen LogP contribution in [-0.2, 0) is 10.0 Å². The summed E-state index contributed by atoms with van der Waals surface area (Å²) in [6.45, 7) is 0. The van der Waals surface area contributed by atoms with Gasteiger partial charge in [0.15, 0.2) is 0 Å². The number of hydrogen-bond acceptors (Lipinski definition) is 3. The maximum atomic E-state index is 13.1. The summed E-state index contributed by atoms with van der Waals surface area (Å²) in [6.07, 6.45) is 0. The number of rotatable bonds is 3.